The van der Waals surface area contributed by atoms with Gasteiger partial charge < -0.3 is 15.2 Å². The first-order valence-electron chi connectivity index (χ1n) is 9.56. The summed E-state index contributed by atoms with van der Waals surface area (Å²) in [4.78, 5) is 0. The predicted molar refractivity (Wildman–Crippen MR) is 107 cm³/mol. The smallest absolute Gasteiger partial charge is 0.416 e. The monoisotopic (exact) mass is 419 g/mol. The largest absolute Gasteiger partial charge is 0.491 e. The third-order valence-corrected chi connectivity index (χ3v) is 4.48. The number of hydrogen-bond acceptors (Lipinski definition) is 4. The number of nitrogens with one attached hydrogen (secondary N) is 1. The number of ether oxygens (including phenoxy) is 1. The topological polar surface area (TPSA) is 59.3 Å². The van der Waals surface area contributed by atoms with Crippen LogP contribution in [0.1, 0.15) is 22.3 Å². The summed E-state index contributed by atoms with van der Waals surface area (Å²) in [6.07, 6.45) is -1.81. The van der Waals surface area contributed by atoms with Crippen LogP contribution in [0.2, 0.25) is 0 Å². The molecule has 5 nitrogen and oxygen atoms in total. The van der Waals surface area contributed by atoms with Crippen LogP contribution in [0.3, 0.4) is 0 Å². The summed E-state index contributed by atoms with van der Waals surface area (Å²) in [6, 6.07) is 13.1. The van der Waals surface area contributed by atoms with Gasteiger partial charge in [-0.05, 0) is 36.2 Å². The van der Waals surface area contributed by atoms with Crippen LogP contribution in [0, 0.1) is 6.92 Å². The van der Waals surface area contributed by atoms with Crippen LogP contribution in [0.4, 0.5) is 13.2 Å². The van der Waals surface area contributed by atoms with Crippen LogP contribution in [0.5, 0.6) is 5.75 Å². The zero-order chi connectivity index (χ0) is 21.6. The Balaban J connectivity index is 1.46. The maximum Gasteiger partial charge on any atom is 0.416 e. The van der Waals surface area contributed by atoms with Gasteiger partial charge in [-0.3, -0.25) is 4.68 Å². The SMILES string of the molecule is Cc1cccc(OCC(O)CNCc2cnn(Cc3ccccc3C(F)(F)F)c2)c1. The average Bonchev–Trinajstić information content (AvgIpc) is 3.13. The Morgan fingerprint density at radius 1 is 1.17 bits per heavy atom. The number of aliphatic hydroxyl groups excluding tert-OH is 1. The molecule has 0 bridgehead atoms. The molecular weight excluding hydrogens is 395 g/mol. The fourth-order valence-electron chi connectivity index (χ4n) is 3.03. The Hall–Kier alpha value is -2.84. The van der Waals surface area contributed by atoms with E-state index in [9.17, 15) is 18.3 Å². The van der Waals surface area contributed by atoms with E-state index in [4.69, 9.17) is 4.74 Å². The van der Waals surface area contributed by atoms with E-state index in [2.05, 4.69) is 10.4 Å². The molecule has 1 unspecified atom stereocenters. The van der Waals surface area contributed by atoms with Gasteiger partial charge in [0.25, 0.3) is 0 Å². The van der Waals surface area contributed by atoms with Crippen LogP contribution in [0.25, 0.3) is 0 Å². The minimum absolute atomic E-state index is 0.0304. The summed E-state index contributed by atoms with van der Waals surface area (Å²) < 4.78 is 46.4. The molecule has 0 saturated carbocycles. The van der Waals surface area contributed by atoms with Crippen molar-refractivity contribution in [2.45, 2.75) is 32.3 Å². The van der Waals surface area contributed by atoms with Crippen LogP contribution in [0.15, 0.2) is 60.9 Å². The molecule has 0 radical (unpaired) electrons. The van der Waals surface area contributed by atoms with Crippen molar-refractivity contribution in [3.63, 3.8) is 0 Å². The lowest BCUT2D eigenvalue weighted by atomic mass is 10.1. The van der Waals surface area contributed by atoms with Gasteiger partial charge in [0.1, 0.15) is 18.5 Å². The van der Waals surface area contributed by atoms with Crippen molar-refractivity contribution >= 4 is 0 Å². The molecule has 0 aliphatic carbocycles. The van der Waals surface area contributed by atoms with Gasteiger partial charge in [-0.25, -0.2) is 0 Å². The quantitative estimate of drug-likeness (QED) is 0.554. The van der Waals surface area contributed by atoms with Gasteiger partial charge in [-0.15, -0.1) is 0 Å². The summed E-state index contributed by atoms with van der Waals surface area (Å²) in [5.74, 6) is 0.703. The second kappa shape index (κ2) is 9.77. The molecule has 0 aliphatic rings. The second-order valence-corrected chi connectivity index (χ2v) is 7.11. The van der Waals surface area contributed by atoms with Crippen molar-refractivity contribution in [2.24, 2.45) is 0 Å². The first-order chi connectivity index (χ1) is 14.3. The van der Waals surface area contributed by atoms with Crippen molar-refractivity contribution in [3.05, 3.63) is 83.2 Å². The van der Waals surface area contributed by atoms with Gasteiger partial charge in [0.15, 0.2) is 0 Å². The van der Waals surface area contributed by atoms with Crippen LogP contribution < -0.4 is 10.1 Å². The van der Waals surface area contributed by atoms with Gasteiger partial charge in [0.2, 0.25) is 0 Å². The first-order valence-corrected chi connectivity index (χ1v) is 9.56. The highest BCUT2D eigenvalue weighted by atomic mass is 19.4. The number of hydrogen-bond donors (Lipinski definition) is 2. The Kier molecular flexibility index (Phi) is 7.12. The van der Waals surface area contributed by atoms with Crippen molar-refractivity contribution in [1.29, 1.82) is 0 Å². The molecule has 8 heteroatoms. The van der Waals surface area contributed by atoms with Gasteiger partial charge >= 0.3 is 6.18 Å². The first kappa shape index (κ1) is 21.9. The van der Waals surface area contributed by atoms with Crippen LogP contribution in [-0.2, 0) is 19.3 Å². The molecule has 1 aromatic heterocycles. The third-order valence-electron chi connectivity index (χ3n) is 4.48. The Morgan fingerprint density at radius 3 is 2.73 bits per heavy atom. The molecule has 0 saturated heterocycles. The van der Waals surface area contributed by atoms with E-state index in [1.165, 1.54) is 16.8 Å². The molecule has 2 N–H and O–H groups in total. The fraction of sp³-hybridized carbons (Fsp3) is 0.318. The predicted octanol–water partition coefficient (Wildman–Crippen LogP) is 3.79. The number of nitrogens with zero attached hydrogens (tertiary/aromatic N) is 2. The zero-order valence-corrected chi connectivity index (χ0v) is 16.6. The van der Waals surface area contributed by atoms with Gasteiger partial charge in [-0.1, -0.05) is 30.3 Å². The summed E-state index contributed by atoms with van der Waals surface area (Å²) in [6.45, 7) is 2.90. The van der Waals surface area contributed by atoms with Gasteiger partial charge in [0, 0.05) is 24.8 Å². The molecule has 3 rings (SSSR count). The van der Waals surface area contributed by atoms with E-state index in [0.717, 1.165) is 17.2 Å². The molecular formula is C22H24F3N3O2. The van der Waals surface area contributed by atoms with Gasteiger partial charge in [0.05, 0.1) is 18.3 Å². The molecule has 160 valence electrons. The van der Waals surface area contributed by atoms with Gasteiger partial charge in [-0.2, -0.15) is 18.3 Å². The molecule has 1 atom stereocenters. The van der Waals surface area contributed by atoms with Crippen LogP contribution >= 0.6 is 0 Å². The maximum absolute atomic E-state index is 13.1. The average molecular weight is 419 g/mol. The van der Waals surface area contributed by atoms with Crippen molar-refractivity contribution in [2.75, 3.05) is 13.2 Å². The lowest BCUT2D eigenvalue weighted by Crippen LogP contribution is -2.31. The number of aryl methyl sites for hydroxylation is 1. The molecule has 0 fully saturated rings. The number of aliphatic hydroxyl groups is 1. The van der Waals surface area contributed by atoms with Crippen molar-refractivity contribution in [3.8, 4) is 5.75 Å². The Labute approximate surface area is 173 Å². The number of rotatable bonds is 9. The summed E-state index contributed by atoms with van der Waals surface area (Å²) in [7, 11) is 0. The van der Waals surface area contributed by atoms with E-state index in [0.29, 0.717) is 18.8 Å². The Morgan fingerprint density at radius 2 is 1.97 bits per heavy atom. The van der Waals surface area contributed by atoms with E-state index in [-0.39, 0.29) is 18.7 Å². The molecule has 1 heterocycles. The second-order valence-electron chi connectivity index (χ2n) is 7.11. The molecule has 3 aromatic rings. The number of aromatic nitrogens is 2. The molecule has 0 spiro atoms. The number of alkyl halides is 3. The highest BCUT2D eigenvalue weighted by molar-refractivity contribution is 5.30. The standard InChI is InChI=1S/C22H24F3N3O2/c1-16-5-4-7-20(9-16)30-15-19(29)12-26-10-17-11-27-28(13-17)14-18-6-2-3-8-21(18)22(23,24)25/h2-9,11,13,19,26,29H,10,12,14-15H2,1H3. The van der Waals surface area contributed by atoms with E-state index in [1.54, 1.807) is 18.5 Å². The highest BCUT2D eigenvalue weighted by Gasteiger charge is 2.32. The normalized spacial score (nSPS) is 12.7. The maximum atomic E-state index is 13.1. The third kappa shape index (κ3) is 6.33. The van der Waals surface area contributed by atoms with Crippen molar-refractivity contribution in [1.82, 2.24) is 15.1 Å². The minimum Gasteiger partial charge on any atom is -0.491 e. The lowest BCUT2D eigenvalue weighted by Gasteiger charge is -2.13. The minimum atomic E-state index is -4.40. The number of halogens is 3. The zero-order valence-electron chi connectivity index (χ0n) is 16.6. The lowest BCUT2D eigenvalue weighted by molar-refractivity contribution is -0.138. The van der Waals surface area contributed by atoms with E-state index in [1.807, 2.05) is 31.2 Å². The summed E-state index contributed by atoms with van der Waals surface area (Å²) in [5, 5.41) is 17.3. The highest BCUT2D eigenvalue weighted by Crippen LogP contribution is 2.32. The van der Waals surface area contributed by atoms with Crippen molar-refractivity contribution < 1.29 is 23.0 Å². The molecule has 0 aliphatic heterocycles. The number of benzene rings is 2. The van der Waals surface area contributed by atoms with E-state index >= 15 is 0 Å². The Bertz CT molecular complexity index is 957. The molecule has 0 amide bonds. The molecule has 2 aromatic carbocycles. The van der Waals surface area contributed by atoms with E-state index < -0.39 is 17.8 Å². The summed E-state index contributed by atoms with van der Waals surface area (Å²) in [5.41, 5.74) is 1.40. The summed E-state index contributed by atoms with van der Waals surface area (Å²) >= 11 is 0. The molecule has 30 heavy (non-hydrogen) atoms. The fourth-order valence-corrected chi connectivity index (χ4v) is 3.03. The van der Waals surface area contributed by atoms with Crippen LogP contribution in [-0.4, -0.2) is 34.1 Å².